The third-order valence-electron chi connectivity index (χ3n) is 3.71. The predicted octanol–water partition coefficient (Wildman–Crippen LogP) is 2.75. The molecule has 1 aromatic carbocycles. The van der Waals surface area contributed by atoms with E-state index >= 15 is 0 Å². The minimum atomic E-state index is 0.0971. The van der Waals surface area contributed by atoms with Gasteiger partial charge < -0.3 is 10.6 Å². The van der Waals surface area contributed by atoms with Crippen LogP contribution in [-0.2, 0) is 17.6 Å². The van der Waals surface area contributed by atoms with Gasteiger partial charge in [0.2, 0.25) is 5.91 Å². The van der Waals surface area contributed by atoms with Crippen LogP contribution in [0.4, 0.5) is 5.69 Å². The van der Waals surface area contributed by atoms with E-state index in [0.29, 0.717) is 6.54 Å². The summed E-state index contributed by atoms with van der Waals surface area (Å²) in [6, 6.07) is 6.35. The molecule has 3 heteroatoms. The number of nitrogens with one attached hydrogen (secondary N) is 2. The zero-order chi connectivity index (χ0) is 13.7. The van der Waals surface area contributed by atoms with Gasteiger partial charge in [-0.3, -0.25) is 4.79 Å². The van der Waals surface area contributed by atoms with Gasteiger partial charge in [0.1, 0.15) is 0 Å². The van der Waals surface area contributed by atoms with E-state index in [0.717, 1.165) is 31.0 Å². The monoisotopic (exact) mass is 260 g/mol. The maximum absolute atomic E-state index is 11.8. The summed E-state index contributed by atoms with van der Waals surface area (Å²) in [5.74, 6) is 0.831. The third-order valence-corrected chi connectivity index (χ3v) is 3.71. The molecule has 1 aliphatic carbocycles. The molecule has 1 aromatic rings. The van der Waals surface area contributed by atoms with Gasteiger partial charge in [0.25, 0.3) is 0 Å². The Kier molecular flexibility index (Phi) is 4.83. The molecule has 2 rings (SSSR count). The van der Waals surface area contributed by atoms with Gasteiger partial charge in [-0.15, -0.1) is 0 Å². The molecule has 0 aromatic heterocycles. The first-order valence-corrected chi connectivity index (χ1v) is 7.35. The third kappa shape index (κ3) is 3.98. The molecule has 0 atom stereocenters. The Labute approximate surface area is 115 Å². The van der Waals surface area contributed by atoms with Gasteiger partial charge in [0, 0.05) is 12.2 Å². The van der Waals surface area contributed by atoms with Gasteiger partial charge in [-0.25, -0.2) is 0 Å². The Morgan fingerprint density at radius 2 is 1.84 bits per heavy atom. The van der Waals surface area contributed by atoms with Crippen LogP contribution in [-0.4, -0.2) is 19.0 Å². The molecule has 0 heterocycles. The Balaban J connectivity index is 1.91. The highest BCUT2D eigenvalue weighted by molar-refractivity contribution is 5.81. The number of aryl methyl sites for hydroxylation is 2. The Morgan fingerprint density at radius 3 is 2.37 bits per heavy atom. The lowest BCUT2D eigenvalue weighted by atomic mass is 10.0. The summed E-state index contributed by atoms with van der Waals surface area (Å²) < 4.78 is 0. The molecule has 1 saturated carbocycles. The minimum absolute atomic E-state index is 0.0971. The molecule has 0 spiro atoms. The molecule has 1 aliphatic rings. The van der Waals surface area contributed by atoms with Crippen molar-refractivity contribution >= 4 is 11.6 Å². The first-order chi connectivity index (χ1) is 9.24. The lowest BCUT2D eigenvalue weighted by Gasteiger charge is -2.15. The highest BCUT2D eigenvalue weighted by Crippen LogP contribution is 2.27. The van der Waals surface area contributed by atoms with E-state index in [-0.39, 0.29) is 5.91 Å². The summed E-state index contributed by atoms with van der Waals surface area (Å²) >= 11 is 0. The fourth-order valence-corrected chi connectivity index (χ4v) is 2.28. The zero-order valence-electron chi connectivity index (χ0n) is 12.0. The van der Waals surface area contributed by atoms with Crippen LogP contribution in [0.2, 0.25) is 0 Å². The van der Waals surface area contributed by atoms with Gasteiger partial charge in [-0.05, 0) is 42.7 Å². The normalized spacial score (nSPS) is 14.2. The lowest BCUT2D eigenvalue weighted by molar-refractivity contribution is -0.119. The van der Waals surface area contributed by atoms with E-state index in [1.807, 2.05) is 0 Å². The number of rotatable bonds is 7. The molecule has 19 heavy (non-hydrogen) atoms. The maximum atomic E-state index is 11.8. The van der Waals surface area contributed by atoms with Crippen molar-refractivity contribution in [2.24, 2.45) is 5.92 Å². The smallest absolute Gasteiger partial charge is 0.239 e. The average molecular weight is 260 g/mol. The summed E-state index contributed by atoms with van der Waals surface area (Å²) in [5, 5.41) is 6.30. The molecule has 0 aliphatic heterocycles. The van der Waals surface area contributed by atoms with Crippen molar-refractivity contribution in [3.05, 3.63) is 29.3 Å². The van der Waals surface area contributed by atoms with Crippen LogP contribution in [0.15, 0.2) is 18.2 Å². The van der Waals surface area contributed by atoms with Gasteiger partial charge >= 0.3 is 0 Å². The van der Waals surface area contributed by atoms with Crippen LogP contribution in [0, 0.1) is 5.92 Å². The van der Waals surface area contributed by atoms with Crippen molar-refractivity contribution in [3.63, 3.8) is 0 Å². The van der Waals surface area contributed by atoms with Crippen LogP contribution in [0.3, 0.4) is 0 Å². The molecule has 1 fully saturated rings. The highest BCUT2D eigenvalue weighted by Gasteiger charge is 2.21. The molecule has 104 valence electrons. The second-order valence-corrected chi connectivity index (χ2v) is 5.26. The SMILES string of the molecule is CCc1cccc(CC)c1NCC(=O)NCC1CC1. The summed E-state index contributed by atoms with van der Waals surface area (Å²) in [6.45, 7) is 5.51. The zero-order valence-corrected chi connectivity index (χ0v) is 12.0. The van der Waals surface area contributed by atoms with Crippen molar-refractivity contribution in [2.45, 2.75) is 39.5 Å². The topological polar surface area (TPSA) is 41.1 Å². The van der Waals surface area contributed by atoms with E-state index in [9.17, 15) is 4.79 Å². The van der Waals surface area contributed by atoms with Crippen molar-refractivity contribution in [1.82, 2.24) is 5.32 Å². The molecule has 2 N–H and O–H groups in total. The molecule has 0 saturated heterocycles. The first kappa shape index (κ1) is 13.9. The van der Waals surface area contributed by atoms with E-state index in [2.05, 4.69) is 42.7 Å². The standard InChI is InChI=1S/C16H24N2O/c1-3-13-6-5-7-14(4-2)16(13)18-11-15(19)17-10-12-8-9-12/h5-7,12,18H,3-4,8-11H2,1-2H3,(H,17,19). The molecular weight excluding hydrogens is 236 g/mol. The van der Waals surface area contributed by atoms with Gasteiger partial charge in [-0.1, -0.05) is 32.0 Å². The summed E-state index contributed by atoms with van der Waals surface area (Å²) in [5.41, 5.74) is 3.72. The number of carbonyl (C=O) groups excluding carboxylic acids is 1. The quantitative estimate of drug-likeness (QED) is 0.791. The molecular formula is C16H24N2O. The molecule has 0 unspecified atom stereocenters. The number of anilines is 1. The number of benzene rings is 1. The number of hydrogen-bond acceptors (Lipinski definition) is 2. The molecule has 0 bridgehead atoms. The fourth-order valence-electron chi connectivity index (χ4n) is 2.28. The second kappa shape index (κ2) is 6.60. The van der Waals surface area contributed by atoms with E-state index in [1.165, 1.54) is 24.0 Å². The largest absolute Gasteiger partial charge is 0.376 e. The summed E-state index contributed by atoms with van der Waals surface area (Å²) in [6.07, 6.45) is 4.51. The summed E-state index contributed by atoms with van der Waals surface area (Å²) in [4.78, 5) is 11.8. The van der Waals surface area contributed by atoms with Crippen LogP contribution >= 0.6 is 0 Å². The second-order valence-electron chi connectivity index (χ2n) is 5.26. The number of amides is 1. The van der Waals surface area contributed by atoms with E-state index < -0.39 is 0 Å². The first-order valence-electron chi connectivity index (χ1n) is 7.35. The van der Waals surface area contributed by atoms with Gasteiger partial charge in [-0.2, -0.15) is 0 Å². The Bertz CT molecular complexity index is 416. The van der Waals surface area contributed by atoms with Crippen molar-refractivity contribution in [2.75, 3.05) is 18.4 Å². The minimum Gasteiger partial charge on any atom is -0.376 e. The molecule has 3 nitrogen and oxygen atoms in total. The van der Waals surface area contributed by atoms with Gasteiger partial charge in [0.05, 0.1) is 6.54 Å². The number of para-hydroxylation sites is 1. The number of carbonyl (C=O) groups is 1. The molecule has 0 radical (unpaired) electrons. The van der Waals surface area contributed by atoms with Crippen molar-refractivity contribution in [3.8, 4) is 0 Å². The number of hydrogen-bond donors (Lipinski definition) is 2. The van der Waals surface area contributed by atoms with Crippen molar-refractivity contribution in [1.29, 1.82) is 0 Å². The van der Waals surface area contributed by atoms with E-state index in [4.69, 9.17) is 0 Å². The van der Waals surface area contributed by atoms with Crippen LogP contribution in [0.25, 0.3) is 0 Å². The Morgan fingerprint density at radius 1 is 1.21 bits per heavy atom. The van der Waals surface area contributed by atoms with E-state index in [1.54, 1.807) is 0 Å². The maximum Gasteiger partial charge on any atom is 0.239 e. The van der Waals surface area contributed by atoms with Crippen LogP contribution in [0.5, 0.6) is 0 Å². The molecule has 1 amide bonds. The predicted molar refractivity (Wildman–Crippen MR) is 79.4 cm³/mol. The van der Waals surface area contributed by atoms with Crippen LogP contribution in [0.1, 0.15) is 37.8 Å². The van der Waals surface area contributed by atoms with Crippen molar-refractivity contribution < 1.29 is 4.79 Å². The fraction of sp³-hybridized carbons (Fsp3) is 0.562. The lowest BCUT2D eigenvalue weighted by Crippen LogP contribution is -2.31. The van der Waals surface area contributed by atoms with Crippen LogP contribution < -0.4 is 10.6 Å². The van der Waals surface area contributed by atoms with Gasteiger partial charge in [0.15, 0.2) is 0 Å². The summed E-state index contributed by atoms with van der Waals surface area (Å²) in [7, 11) is 0. The highest BCUT2D eigenvalue weighted by atomic mass is 16.1. The Hall–Kier alpha value is -1.51. The average Bonchev–Trinajstić information content (AvgIpc) is 3.26.